The van der Waals surface area contributed by atoms with E-state index in [0.29, 0.717) is 68.9 Å². The smallest absolute Gasteiger partial charge is 0.416 e. The van der Waals surface area contributed by atoms with Crippen LogP contribution in [0, 0.1) is 0 Å². The largest absolute Gasteiger partial charge is 0.497 e. The quantitative estimate of drug-likeness (QED) is 0.494. The Morgan fingerprint density at radius 2 is 1.68 bits per heavy atom. The minimum absolute atomic E-state index is 0.210. The van der Waals surface area contributed by atoms with Gasteiger partial charge in [-0.2, -0.15) is 13.2 Å². The van der Waals surface area contributed by atoms with Crippen LogP contribution in [0.3, 0.4) is 0 Å². The van der Waals surface area contributed by atoms with Crippen molar-refractivity contribution in [3.05, 3.63) is 70.8 Å². The molecule has 40 heavy (non-hydrogen) atoms. The highest BCUT2D eigenvalue weighted by molar-refractivity contribution is 6.07. The second-order valence-electron chi connectivity index (χ2n) is 10.7. The molecule has 10 heteroatoms. The summed E-state index contributed by atoms with van der Waals surface area (Å²) in [6, 6.07) is 13.3. The minimum Gasteiger partial charge on any atom is -0.497 e. The molecular weight excluding hydrogens is 523 g/mol. The maximum Gasteiger partial charge on any atom is 0.416 e. The third-order valence-corrected chi connectivity index (χ3v) is 8.28. The van der Waals surface area contributed by atoms with E-state index in [-0.39, 0.29) is 5.91 Å². The Morgan fingerprint density at radius 3 is 2.30 bits per heavy atom. The number of nitrogens with zero attached hydrogens (tertiary/aromatic N) is 3. The van der Waals surface area contributed by atoms with Gasteiger partial charge in [-0.3, -0.25) is 4.79 Å². The van der Waals surface area contributed by atoms with Crippen LogP contribution in [0.2, 0.25) is 0 Å². The van der Waals surface area contributed by atoms with Gasteiger partial charge >= 0.3 is 12.1 Å². The number of benzene rings is 2. The van der Waals surface area contributed by atoms with Crippen LogP contribution in [-0.2, 0) is 26.9 Å². The molecule has 0 unspecified atom stereocenters. The fraction of sp³-hybridized carbons (Fsp3) is 0.467. The molecule has 7 nitrogen and oxygen atoms in total. The first-order valence-electron chi connectivity index (χ1n) is 13.6. The number of carbonyl (C=O) groups excluding carboxylic acids is 2. The van der Waals surface area contributed by atoms with Gasteiger partial charge in [0, 0.05) is 69.9 Å². The molecule has 0 radical (unpaired) electrons. The van der Waals surface area contributed by atoms with E-state index in [1.165, 1.54) is 11.6 Å². The highest BCUT2D eigenvalue weighted by atomic mass is 19.4. The molecule has 3 aliphatic heterocycles. The van der Waals surface area contributed by atoms with Crippen molar-refractivity contribution in [2.24, 2.45) is 0 Å². The van der Waals surface area contributed by atoms with Crippen LogP contribution in [-0.4, -0.2) is 80.2 Å². The number of likely N-dealkylation sites (tertiary alicyclic amines) is 1. The number of hydrogen-bond acceptors (Lipinski definition) is 6. The van der Waals surface area contributed by atoms with Gasteiger partial charge in [-0.25, -0.2) is 4.79 Å². The first-order valence-corrected chi connectivity index (χ1v) is 13.6. The lowest BCUT2D eigenvalue weighted by Crippen LogP contribution is -2.53. The summed E-state index contributed by atoms with van der Waals surface area (Å²) in [5.74, 6) is 0.166. The van der Waals surface area contributed by atoms with E-state index in [2.05, 4.69) is 17.0 Å². The topological polar surface area (TPSA) is 62.3 Å². The number of ether oxygens (including phenoxy) is 2. The van der Waals surface area contributed by atoms with Gasteiger partial charge in [0.05, 0.1) is 18.2 Å². The highest BCUT2D eigenvalue weighted by Crippen LogP contribution is 2.42. The van der Waals surface area contributed by atoms with Crippen LogP contribution in [0.1, 0.15) is 30.9 Å². The number of methoxy groups -OCH3 is 1. The van der Waals surface area contributed by atoms with Gasteiger partial charge < -0.3 is 24.2 Å². The standard InChI is InChI=1S/C30H34F3N3O4/c1-21-26(27(37)36-18-16-35(17-19-36)24-5-3-4-23(20-24)30(31,32)33)29(40-28(21)38)11-14-34(15-12-29)13-10-22-6-8-25(39-2)9-7-22/h3-9,20H,10-19H2,1-2H3. The Hall–Kier alpha value is -3.53. The van der Waals surface area contributed by atoms with E-state index in [1.54, 1.807) is 25.0 Å². The van der Waals surface area contributed by atoms with Crippen molar-refractivity contribution >= 4 is 17.6 Å². The molecule has 2 aromatic rings. The molecule has 1 spiro atoms. The summed E-state index contributed by atoms with van der Waals surface area (Å²) in [5, 5.41) is 0. The predicted molar refractivity (Wildman–Crippen MR) is 144 cm³/mol. The number of anilines is 1. The van der Waals surface area contributed by atoms with Crippen molar-refractivity contribution in [2.45, 2.75) is 38.0 Å². The molecule has 0 saturated carbocycles. The number of piperidine rings is 1. The molecule has 2 aromatic carbocycles. The zero-order chi connectivity index (χ0) is 28.5. The maximum absolute atomic E-state index is 13.7. The molecule has 5 rings (SSSR count). The van der Waals surface area contributed by atoms with Gasteiger partial charge in [0.25, 0.3) is 5.91 Å². The van der Waals surface area contributed by atoms with Gasteiger partial charge in [-0.15, -0.1) is 0 Å². The van der Waals surface area contributed by atoms with E-state index >= 15 is 0 Å². The molecule has 0 aromatic heterocycles. The molecular formula is C30H34F3N3O4. The average Bonchev–Trinajstić information content (AvgIpc) is 3.20. The van der Waals surface area contributed by atoms with E-state index in [9.17, 15) is 22.8 Å². The van der Waals surface area contributed by atoms with E-state index in [0.717, 1.165) is 30.8 Å². The molecule has 0 N–H and O–H groups in total. The molecule has 0 bridgehead atoms. The maximum atomic E-state index is 13.7. The lowest BCUT2D eigenvalue weighted by molar-refractivity contribution is -0.151. The molecule has 1 amide bonds. The third-order valence-electron chi connectivity index (χ3n) is 8.28. The summed E-state index contributed by atoms with van der Waals surface area (Å²) in [6.45, 7) is 5.43. The minimum atomic E-state index is -4.41. The second kappa shape index (κ2) is 11.2. The highest BCUT2D eigenvalue weighted by Gasteiger charge is 2.51. The monoisotopic (exact) mass is 557 g/mol. The number of piperazine rings is 1. The van der Waals surface area contributed by atoms with Crippen LogP contribution in [0.15, 0.2) is 59.7 Å². The van der Waals surface area contributed by atoms with Crippen LogP contribution in [0.25, 0.3) is 0 Å². The number of alkyl halides is 3. The lowest BCUT2D eigenvalue weighted by atomic mass is 9.82. The predicted octanol–water partition coefficient (Wildman–Crippen LogP) is 4.31. The van der Waals surface area contributed by atoms with E-state index in [4.69, 9.17) is 9.47 Å². The average molecular weight is 558 g/mol. The van der Waals surface area contributed by atoms with Crippen molar-refractivity contribution in [3.63, 3.8) is 0 Å². The molecule has 0 aliphatic carbocycles. The Balaban J connectivity index is 1.20. The van der Waals surface area contributed by atoms with Crippen molar-refractivity contribution in [2.75, 3.05) is 57.8 Å². The molecule has 2 fully saturated rings. The van der Waals surface area contributed by atoms with Gasteiger partial charge in [0.2, 0.25) is 0 Å². The Morgan fingerprint density at radius 1 is 1.00 bits per heavy atom. The van der Waals surface area contributed by atoms with Gasteiger partial charge in [-0.05, 0) is 49.2 Å². The van der Waals surface area contributed by atoms with Gasteiger partial charge in [-0.1, -0.05) is 18.2 Å². The van der Waals surface area contributed by atoms with Crippen LogP contribution < -0.4 is 9.64 Å². The number of carbonyl (C=O) groups is 2. The number of rotatable bonds is 6. The first-order chi connectivity index (χ1) is 19.1. The molecule has 0 atom stereocenters. The Bertz CT molecular complexity index is 1280. The SMILES string of the molecule is COc1ccc(CCN2CCC3(CC2)OC(=O)C(C)=C3C(=O)N2CCN(c3cccc(C(F)(F)F)c3)CC2)cc1. The number of halogens is 3. The summed E-state index contributed by atoms with van der Waals surface area (Å²) in [5.41, 5.74) is 0.881. The number of amides is 1. The van der Waals surface area contributed by atoms with Crippen molar-refractivity contribution < 1.29 is 32.2 Å². The van der Waals surface area contributed by atoms with Crippen molar-refractivity contribution in [1.29, 1.82) is 0 Å². The van der Waals surface area contributed by atoms with Crippen molar-refractivity contribution in [1.82, 2.24) is 9.80 Å². The molecule has 2 saturated heterocycles. The van der Waals surface area contributed by atoms with Crippen LogP contribution in [0.5, 0.6) is 5.75 Å². The third kappa shape index (κ3) is 5.68. The van der Waals surface area contributed by atoms with Gasteiger partial charge in [0.15, 0.2) is 0 Å². The van der Waals surface area contributed by atoms with Crippen molar-refractivity contribution in [3.8, 4) is 5.75 Å². The summed E-state index contributed by atoms with van der Waals surface area (Å²) in [7, 11) is 1.64. The number of esters is 1. The van der Waals surface area contributed by atoms with Gasteiger partial charge in [0.1, 0.15) is 11.4 Å². The Labute approximate surface area is 232 Å². The Kier molecular flexibility index (Phi) is 7.81. The zero-order valence-corrected chi connectivity index (χ0v) is 22.8. The number of hydrogen-bond donors (Lipinski definition) is 0. The van der Waals surface area contributed by atoms with Crippen LogP contribution in [0.4, 0.5) is 18.9 Å². The summed E-state index contributed by atoms with van der Waals surface area (Å²) in [4.78, 5) is 32.3. The molecule has 214 valence electrons. The molecule has 3 aliphatic rings. The van der Waals surface area contributed by atoms with Crippen LogP contribution >= 0.6 is 0 Å². The fourth-order valence-corrected chi connectivity index (χ4v) is 5.88. The van der Waals surface area contributed by atoms with E-state index in [1.807, 2.05) is 17.0 Å². The normalized spacial score (nSPS) is 19.8. The zero-order valence-electron chi connectivity index (χ0n) is 22.8. The fourth-order valence-electron chi connectivity index (χ4n) is 5.88. The lowest BCUT2D eigenvalue weighted by Gasteiger charge is -2.42. The van der Waals surface area contributed by atoms with E-state index < -0.39 is 23.3 Å². The summed E-state index contributed by atoms with van der Waals surface area (Å²) in [6.07, 6.45) is -2.44. The summed E-state index contributed by atoms with van der Waals surface area (Å²) < 4.78 is 50.6. The first kappa shape index (κ1) is 28.0. The molecule has 3 heterocycles. The second-order valence-corrected chi connectivity index (χ2v) is 10.7. The summed E-state index contributed by atoms with van der Waals surface area (Å²) >= 11 is 0.